The number of fused-ring (bicyclic) bond motifs is 3. The number of aromatic nitrogens is 2. The molecule has 114 valence electrons. The molecule has 0 fully saturated rings. The Hall–Kier alpha value is -2.68. The molecule has 0 saturated carbocycles. The molecule has 0 aliphatic carbocycles. The lowest BCUT2D eigenvalue weighted by atomic mass is 10.00. The van der Waals surface area contributed by atoms with Gasteiger partial charge in [-0.2, -0.15) is 0 Å². The molecular formula is C20H19N2O+. The summed E-state index contributed by atoms with van der Waals surface area (Å²) in [5.41, 5.74) is 3.36. The van der Waals surface area contributed by atoms with Gasteiger partial charge in [0.25, 0.3) is 0 Å². The van der Waals surface area contributed by atoms with E-state index in [1.165, 1.54) is 6.07 Å². The molecule has 3 nitrogen and oxygen atoms in total. The van der Waals surface area contributed by atoms with Gasteiger partial charge in [-0.1, -0.05) is 12.1 Å². The Morgan fingerprint density at radius 3 is 2.78 bits per heavy atom. The summed E-state index contributed by atoms with van der Waals surface area (Å²) >= 11 is 0. The maximum atomic E-state index is 7.73. The van der Waals surface area contributed by atoms with Crippen LogP contribution in [0.25, 0.3) is 33.3 Å². The van der Waals surface area contributed by atoms with Gasteiger partial charge in [-0.25, -0.2) is 9.55 Å². The van der Waals surface area contributed by atoms with Gasteiger partial charge in [0.1, 0.15) is 7.05 Å². The molecule has 0 spiro atoms. The number of pyridine rings is 2. The van der Waals surface area contributed by atoms with E-state index in [9.17, 15) is 0 Å². The van der Waals surface area contributed by atoms with Gasteiger partial charge in [0.2, 0.25) is 11.4 Å². The Morgan fingerprint density at radius 2 is 1.96 bits per heavy atom. The Labute approximate surface area is 143 Å². The fraction of sp³-hybridized carbons (Fsp3) is 0.200. The Balaban J connectivity index is 2.04. The van der Waals surface area contributed by atoms with E-state index in [1.54, 1.807) is 24.4 Å². The predicted molar refractivity (Wildman–Crippen MR) is 92.3 cm³/mol. The minimum absolute atomic E-state index is 0.0303. The molecule has 0 radical (unpaired) electrons. The van der Waals surface area contributed by atoms with Crippen LogP contribution < -0.4 is 4.57 Å². The second-order valence-corrected chi connectivity index (χ2v) is 5.70. The number of nitrogens with zero attached hydrogens (tertiary/aromatic N) is 2. The van der Waals surface area contributed by atoms with E-state index in [4.69, 9.17) is 12.6 Å². The molecule has 4 rings (SSSR count). The normalized spacial score (nSPS) is 16.4. The molecule has 4 aromatic rings. The third kappa shape index (κ3) is 2.12. The van der Waals surface area contributed by atoms with Gasteiger partial charge < -0.3 is 4.42 Å². The van der Waals surface area contributed by atoms with E-state index in [2.05, 4.69) is 4.98 Å². The average Bonchev–Trinajstić information content (AvgIpc) is 2.98. The molecule has 0 saturated heterocycles. The summed E-state index contributed by atoms with van der Waals surface area (Å²) in [4.78, 5) is 4.20. The van der Waals surface area contributed by atoms with Crippen molar-refractivity contribution < 1.29 is 17.2 Å². The van der Waals surface area contributed by atoms with Crippen molar-refractivity contribution in [2.75, 3.05) is 0 Å². The van der Waals surface area contributed by atoms with Crippen LogP contribution >= 0.6 is 0 Å². The largest absolute Gasteiger partial charge is 0.437 e. The summed E-state index contributed by atoms with van der Waals surface area (Å²) in [5.74, 6) is 0. The first-order valence-corrected chi connectivity index (χ1v) is 7.31. The lowest BCUT2D eigenvalue weighted by Crippen LogP contribution is -2.30. The van der Waals surface area contributed by atoms with Crippen molar-refractivity contribution in [2.45, 2.75) is 20.6 Å². The number of rotatable bonds is 1. The first-order valence-electron chi connectivity index (χ1n) is 10.3. The minimum Gasteiger partial charge on any atom is -0.437 e. The van der Waals surface area contributed by atoms with Gasteiger partial charge in [-0.3, -0.25) is 0 Å². The standard InChI is InChI=1S/C20H19N2O/c1-12-9-10-22(4)17(11-12)18-13(2)5-7-15-16-8-6-14(3)21-20(16)23-19(15)18/h5-11H,1-4H3/q+1/i1D3,3D3. The van der Waals surface area contributed by atoms with Crippen molar-refractivity contribution in [3.8, 4) is 11.3 Å². The predicted octanol–water partition coefficient (Wildman–Crippen LogP) is 4.40. The summed E-state index contributed by atoms with van der Waals surface area (Å²) in [6.07, 6.45) is 1.71. The lowest BCUT2D eigenvalue weighted by molar-refractivity contribution is -0.660. The van der Waals surface area contributed by atoms with Gasteiger partial charge >= 0.3 is 0 Å². The van der Waals surface area contributed by atoms with Crippen LogP contribution in [0.15, 0.2) is 47.0 Å². The van der Waals surface area contributed by atoms with Gasteiger partial charge in [0, 0.05) is 36.8 Å². The van der Waals surface area contributed by atoms with E-state index in [0.29, 0.717) is 16.7 Å². The summed E-state index contributed by atoms with van der Waals surface area (Å²) in [6, 6.07) is 10.3. The van der Waals surface area contributed by atoms with Crippen molar-refractivity contribution in [1.29, 1.82) is 0 Å². The smallest absolute Gasteiger partial charge is 0.227 e. The molecule has 3 heteroatoms. The zero-order valence-corrected chi connectivity index (χ0v) is 12.8. The third-order valence-electron chi connectivity index (χ3n) is 4.12. The van der Waals surface area contributed by atoms with Gasteiger partial charge in [0.05, 0.1) is 5.56 Å². The summed E-state index contributed by atoms with van der Waals surface area (Å²) < 4.78 is 53.8. The van der Waals surface area contributed by atoms with E-state index < -0.39 is 13.7 Å². The van der Waals surface area contributed by atoms with Crippen molar-refractivity contribution in [3.63, 3.8) is 0 Å². The van der Waals surface area contributed by atoms with Crippen LogP contribution in [0, 0.1) is 20.6 Å². The van der Waals surface area contributed by atoms with Crippen molar-refractivity contribution in [1.82, 2.24) is 4.98 Å². The molecule has 0 unspecified atom stereocenters. The van der Waals surface area contributed by atoms with Crippen LogP contribution in [-0.2, 0) is 7.05 Å². The summed E-state index contributed by atoms with van der Waals surface area (Å²) in [6.45, 7) is -2.63. The van der Waals surface area contributed by atoms with Crippen LogP contribution in [0.3, 0.4) is 0 Å². The first-order chi connectivity index (χ1) is 13.5. The van der Waals surface area contributed by atoms with Crippen molar-refractivity contribution >= 4 is 22.1 Å². The number of aryl methyl sites for hydroxylation is 4. The highest BCUT2D eigenvalue weighted by Crippen LogP contribution is 2.36. The zero-order chi connectivity index (χ0) is 21.1. The second kappa shape index (κ2) is 4.92. The molecule has 23 heavy (non-hydrogen) atoms. The number of hydrogen-bond acceptors (Lipinski definition) is 2. The van der Waals surface area contributed by atoms with Gasteiger partial charge in [-0.05, 0) is 43.9 Å². The zero-order valence-electron chi connectivity index (χ0n) is 18.8. The van der Waals surface area contributed by atoms with E-state index in [-0.39, 0.29) is 17.0 Å². The highest BCUT2D eigenvalue weighted by atomic mass is 16.3. The molecule has 3 aromatic heterocycles. The highest BCUT2D eigenvalue weighted by molar-refractivity contribution is 6.08. The first kappa shape index (κ1) is 8.82. The molecule has 0 aliphatic heterocycles. The van der Waals surface area contributed by atoms with Crippen LogP contribution in [-0.4, -0.2) is 4.98 Å². The Kier molecular flexibility index (Phi) is 1.89. The second-order valence-electron chi connectivity index (χ2n) is 5.70. The maximum Gasteiger partial charge on any atom is 0.227 e. The summed E-state index contributed by atoms with van der Waals surface area (Å²) in [5, 5.41) is 1.51. The molecule has 0 amide bonds. The lowest BCUT2D eigenvalue weighted by Gasteiger charge is -2.06. The molecular weight excluding hydrogens is 284 g/mol. The fourth-order valence-corrected chi connectivity index (χ4v) is 2.96. The van der Waals surface area contributed by atoms with Gasteiger partial charge in [-0.15, -0.1) is 0 Å². The molecule has 0 bridgehead atoms. The molecule has 0 atom stereocenters. The van der Waals surface area contributed by atoms with Gasteiger partial charge in [0.15, 0.2) is 11.8 Å². The van der Waals surface area contributed by atoms with Crippen molar-refractivity contribution in [2.24, 2.45) is 7.05 Å². The summed E-state index contributed by atoms with van der Waals surface area (Å²) in [7, 11) is 1.84. The van der Waals surface area contributed by atoms with Crippen LogP contribution in [0.5, 0.6) is 0 Å². The van der Waals surface area contributed by atoms with Crippen molar-refractivity contribution in [3.05, 3.63) is 59.4 Å². The van der Waals surface area contributed by atoms with E-state index >= 15 is 0 Å². The average molecular weight is 309 g/mol. The number of benzene rings is 1. The monoisotopic (exact) mass is 309 g/mol. The maximum absolute atomic E-state index is 7.73. The highest BCUT2D eigenvalue weighted by Gasteiger charge is 2.20. The number of furan rings is 1. The SMILES string of the molecule is [2H]C([2H])([2H])c1cc[n+](C)c(-c2c(C)ccc3c2oc2nc(C([2H])([2H])[2H])ccc23)c1. The minimum atomic E-state index is -2.33. The van der Waals surface area contributed by atoms with Crippen LogP contribution in [0.1, 0.15) is 25.0 Å². The Morgan fingerprint density at radius 1 is 1.09 bits per heavy atom. The molecule has 1 aromatic carbocycles. The van der Waals surface area contributed by atoms with E-state index in [1.807, 2.05) is 30.7 Å². The fourth-order valence-electron chi connectivity index (χ4n) is 2.96. The third-order valence-corrected chi connectivity index (χ3v) is 4.12. The van der Waals surface area contributed by atoms with Crippen LogP contribution in [0.2, 0.25) is 0 Å². The van der Waals surface area contributed by atoms with E-state index in [0.717, 1.165) is 16.5 Å². The topological polar surface area (TPSA) is 29.9 Å². The number of hydrogen-bond donors (Lipinski definition) is 0. The molecule has 3 heterocycles. The molecule has 0 aliphatic rings. The Bertz CT molecular complexity index is 1250. The quantitative estimate of drug-likeness (QED) is 0.488. The molecule has 0 N–H and O–H groups in total. The van der Waals surface area contributed by atoms with Crippen LogP contribution in [0.4, 0.5) is 0 Å².